The molecule has 1 aliphatic heterocycles. The molecule has 4 rings (SSSR count). The van der Waals surface area contributed by atoms with Gasteiger partial charge >= 0.3 is 0 Å². The van der Waals surface area contributed by atoms with E-state index in [-0.39, 0.29) is 0 Å². The minimum absolute atomic E-state index is 0.589. The number of hydrogen-bond donors (Lipinski definition) is 4. The van der Waals surface area contributed by atoms with Crippen LogP contribution in [0.5, 0.6) is 0 Å². The normalized spacial score (nSPS) is 18.9. The molecule has 0 saturated carbocycles. The monoisotopic (exact) mass is 363 g/mol. The van der Waals surface area contributed by atoms with Gasteiger partial charge in [-0.05, 0) is 51.3 Å². The van der Waals surface area contributed by atoms with Crippen molar-refractivity contribution in [1.82, 2.24) is 20.2 Å². The van der Waals surface area contributed by atoms with Crippen molar-refractivity contribution in [2.24, 2.45) is 10.7 Å². The van der Waals surface area contributed by atoms with Crippen molar-refractivity contribution in [2.75, 3.05) is 32.5 Å². The molecule has 0 saturated heterocycles. The Kier molecular flexibility index (Phi) is 4.55. The van der Waals surface area contributed by atoms with Crippen LogP contribution in [0.1, 0.15) is 17.8 Å². The fourth-order valence-electron chi connectivity index (χ4n) is 3.25. The second-order valence-corrected chi connectivity index (χ2v) is 7.08. The van der Waals surface area contributed by atoms with Crippen LogP contribution >= 0.6 is 0 Å². The maximum absolute atomic E-state index is 6.66. The van der Waals surface area contributed by atoms with Gasteiger partial charge in [0.2, 0.25) is 5.79 Å². The topological polar surface area (TPSA) is 94.4 Å². The first-order valence-electron chi connectivity index (χ1n) is 9.15. The molecule has 27 heavy (non-hydrogen) atoms. The van der Waals surface area contributed by atoms with E-state index in [0.29, 0.717) is 5.82 Å². The van der Waals surface area contributed by atoms with E-state index in [9.17, 15) is 0 Å². The van der Waals surface area contributed by atoms with Crippen LogP contribution in [0.3, 0.4) is 0 Å². The molecular weight excluding hydrogens is 338 g/mol. The van der Waals surface area contributed by atoms with Crippen molar-refractivity contribution >= 4 is 22.6 Å². The standard InChI is InChI=1S/C20H25N7/c1-27(2)13-7-12-22-18-14-8-3-4-9-15(14)25-20(21,26-18)19-23-16-10-5-6-11-17(16)24-19/h3-6,8-11,25H,7,12-13,21H2,1-2H3,(H,22,26)(H,23,24). The summed E-state index contributed by atoms with van der Waals surface area (Å²) in [4.78, 5) is 14.9. The Balaban J connectivity index is 1.67. The Hall–Kier alpha value is -2.90. The summed E-state index contributed by atoms with van der Waals surface area (Å²) in [5.41, 5.74) is 10.4. The third kappa shape index (κ3) is 3.51. The zero-order valence-electron chi connectivity index (χ0n) is 15.7. The highest BCUT2D eigenvalue weighted by Gasteiger charge is 2.35. The number of benzene rings is 2. The third-order valence-electron chi connectivity index (χ3n) is 4.62. The van der Waals surface area contributed by atoms with Gasteiger partial charge in [0.05, 0.1) is 11.0 Å². The number of amidine groups is 1. The molecule has 7 heteroatoms. The second kappa shape index (κ2) is 7.02. The number of rotatable bonds is 5. The zero-order chi connectivity index (χ0) is 18.9. The van der Waals surface area contributed by atoms with Crippen LogP contribution in [0, 0.1) is 0 Å². The number of hydrogen-bond acceptors (Lipinski definition) is 6. The number of H-pyrrole nitrogens is 1. The highest BCUT2D eigenvalue weighted by atomic mass is 15.3. The molecule has 0 spiro atoms. The molecule has 0 radical (unpaired) electrons. The summed E-state index contributed by atoms with van der Waals surface area (Å²) in [5.74, 6) is 0.217. The summed E-state index contributed by atoms with van der Waals surface area (Å²) >= 11 is 0. The maximum atomic E-state index is 6.66. The lowest BCUT2D eigenvalue weighted by atomic mass is 10.1. The number of nitrogens with one attached hydrogen (secondary N) is 3. The van der Waals surface area contributed by atoms with E-state index in [1.165, 1.54) is 0 Å². The zero-order valence-corrected chi connectivity index (χ0v) is 15.7. The van der Waals surface area contributed by atoms with Gasteiger partial charge in [-0.3, -0.25) is 5.73 Å². The SMILES string of the molecule is CN(C)CCCNC1=NC(N)(c2nc3ccccc3[nH]2)Nc2ccccc21. The minimum Gasteiger partial charge on any atom is -0.370 e. The number of aliphatic imine (C=N–C) groups is 1. The first-order chi connectivity index (χ1) is 13.0. The van der Waals surface area contributed by atoms with Crippen LogP contribution in [0.25, 0.3) is 11.0 Å². The van der Waals surface area contributed by atoms with Gasteiger partial charge in [0.1, 0.15) is 5.84 Å². The fraction of sp³-hybridized carbons (Fsp3) is 0.300. The number of anilines is 1. The number of aromatic amines is 1. The molecule has 1 unspecified atom stereocenters. The summed E-state index contributed by atoms with van der Waals surface area (Å²) in [5, 5.41) is 6.79. The van der Waals surface area contributed by atoms with Crippen molar-refractivity contribution in [3.05, 3.63) is 59.9 Å². The Morgan fingerprint density at radius 1 is 1.11 bits per heavy atom. The largest absolute Gasteiger partial charge is 0.370 e. The van der Waals surface area contributed by atoms with Gasteiger partial charge in [0.25, 0.3) is 0 Å². The number of para-hydroxylation sites is 3. The van der Waals surface area contributed by atoms with Crippen molar-refractivity contribution in [1.29, 1.82) is 0 Å². The van der Waals surface area contributed by atoms with Crippen molar-refractivity contribution in [2.45, 2.75) is 12.2 Å². The van der Waals surface area contributed by atoms with E-state index in [2.05, 4.69) is 39.6 Å². The lowest BCUT2D eigenvalue weighted by Gasteiger charge is -2.32. The summed E-state index contributed by atoms with van der Waals surface area (Å²) in [6, 6.07) is 15.9. The Bertz CT molecular complexity index is 942. The van der Waals surface area contributed by atoms with Crippen LogP contribution in [0.2, 0.25) is 0 Å². The summed E-state index contributed by atoms with van der Waals surface area (Å²) in [6.45, 7) is 1.83. The molecule has 0 aliphatic carbocycles. The molecule has 140 valence electrons. The number of aromatic nitrogens is 2. The molecule has 2 heterocycles. The lowest BCUT2D eigenvalue weighted by Crippen LogP contribution is -2.49. The van der Waals surface area contributed by atoms with Gasteiger partial charge in [0, 0.05) is 17.8 Å². The lowest BCUT2D eigenvalue weighted by molar-refractivity contribution is 0.399. The number of imidazole rings is 1. The van der Waals surface area contributed by atoms with Crippen molar-refractivity contribution in [3.63, 3.8) is 0 Å². The van der Waals surface area contributed by atoms with Gasteiger partial charge in [-0.1, -0.05) is 24.3 Å². The highest BCUT2D eigenvalue weighted by Crippen LogP contribution is 2.30. The van der Waals surface area contributed by atoms with Crippen LogP contribution in [-0.2, 0) is 5.79 Å². The van der Waals surface area contributed by atoms with E-state index in [0.717, 1.165) is 47.6 Å². The van der Waals surface area contributed by atoms with Crippen molar-refractivity contribution in [3.8, 4) is 0 Å². The van der Waals surface area contributed by atoms with Crippen LogP contribution < -0.4 is 16.4 Å². The van der Waals surface area contributed by atoms with E-state index >= 15 is 0 Å². The molecule has 0 fully saturated rings. The molecule has 1 aliphatic rings. The number of nitrogens with two attached hydrogens (primary N) is 1. The molecule has 7 nitrogen and oxygen atoms in total. The van der Waals surface area contributed by atoms with E-state index in [1.807, 2.05) is 48.5 Å². The van der Waals surface area contributed by atoms with Gasteiger partial charge in [-0.15, -0.1) is 0 Å². The Morgan fingerprint density at radius 2 is 1.89 bits per heavy atom. The molecule has 1 atom stereocenters. The van der Waals surface area contributed by atoms with Gasteiger partial charge in [-0.2, -0.15) is 0 Å². The average Bonchev–Trinajstić information content (AvgIpc) is 3.10. The Morgan fingerprint density at radius 3 is 2.70 bits per heavy atom. The fourth-order valence-corrected chi connectivity index (χ4v) is 3.25. The first kappa shape index (κ1) is 17.5. The molecule has 5 N–H and O–H groups in total. The highest BCUT2D eigenvalue weighted by molar-refractivity contribution is 6.05. The molecule has 0 bridgehead atoms. The van der Waals surface area contributed by atoms with Gasteiger partial charge < -0.3 is 20.5 Å². The average molecular weight is 363 g/mol. The molecule has 2 aromatic carbocycles. The number of fused-ring (bicyclic) bond motifs is 2. The molecule has 0 amide bonds. The first-order valence-corrected chi connectivity index (χ1v) is 9.15. The van der Waals surface area contributed by atoms with Crippen LogP contribution in [-0.4, -0.2) is 47.9 Å². The van der Waals surface area contributed by atoms with E-state index in [4.69, 9.17) is 10.7 Å². The smallest absolute Gasteiger partial charge is 0.244 e. The summed E-state index contributed by atoms with van der Waals surface area (Å²) < 4.78 is 0. The van der Waals surface area contributed by atoms with Crippen LogP contribution in [0.15, 0.2) is 53.5 Å². The minimum atomic E-state index is -1.16. The van der Waals surface area contributed by atoms with E-state index in [1.54, 1.807) is 0 Å². The van der Waals surface area contributed by atoms with E-state index < -0.39 is 5.79 Å². The quantitative estimate of drug-likeness (QED) is 0.521. The Labute approximate surface area is 158 Å². The molecule has 1 aromatic heterocycles. The second-order valence-electron chi connectivity index (χ2n) is 7.08. The van der Waals surface area contributed by atoms with Crippen molar-refractivity contribution < 1.29 is 0 Å². The summed E-state index contributed by atoms with van der Waals surface area (Å²) in [6.07, 6.45) is 1.02. The summed E-state index contributed by atoms with van der Waals surface area (Å²) in [7, 11) is 4.15. The van der Waals surface area contributed by atoms with Gasteiger partial charge in [-0.25, -0.2) is 9.98 Å². The predicted molar refractivity (Wildman–Crippen MR) is 110 cm³/mol. The third-order valence-corrected chi connectivity index (χ3v) is 4.62. The van der Waals surface area contributed by atoms with Gasteiger partial charge in [0.15, 0.2) is 5.82 Å². The van der Waals surface area contributed by atoms with Crippen LogP contribution in [0.4, 0.5) is 5.69 Å². The predicted octanol–water partition coefficient (Wildman–Crippen LogP) is 2.05. The molecular formula is C20H25N7. The number of nitrogens with zero attached hydrogens (tertiary/aromatic N) is 3. The maximum Gasteiger partial charge on any atom is 0.244 e. The molecule has 3 aromatic rings.